The molecular formula is C16H23N3O2. The van der Waals surface area contributed by atoms with Crippen LogP contribution in [0.2, 0.25) is 0 Å². The third-order valence-corrected chi connectivity index (χ3v) is 3.74. The highest BCUT2D eigenvalue weighted by Crippen LogP contribution is 2.19. The van der Waals surface area contributed by atoms with Gasteiger partial charge in [-0.3, -0.25) is 4.90 Å². The van der Waals surface area contributed by atoms with E-state index in [2.05, 4.69) is 35.6 Å². The van der Waals surface area contributed by atoms with Crippen LogP contribution in [-0.2, 0) is 4.79 Å². The van der Waals surface area contributed by atoms with E-state index in [0.29, 0.717) is 0 Å². The van der Waals surface area contributed by atoms with Gasteiger partial charge in [-0.15, -0.1) is 0 Å². The van der Waals surface area contributed by atoms with Crippen molar-refractivity contribution in [1.29, 1.82) is 0 Å². The Balaban J connectivity index is 1.96. The molecule has 21 heavy (non-hydrogen) atoms. The van der Waals surface area contributed by atoms with E-state index in [4.69, 9.17) is 5.11 Å². The van der Waals surface area contributed by atoms with E-state index in [-0.39, 0.29) is 5.54 Å². The van der Waals surface area contributed by atoms with Gasteiger partial charge in [0.1, 0.15) is 5.82 Å². The van der Waals surface area contributed by atoms with Gasteiger partial charge in [-0.25, -0.2) is 9.78 Å². The Morgan fingerprint density at radius 2 is 1.90 bits per heavy atom. The number of anilines is 1. The van der Waals surface area contributed by atoms with Gasteiger partial charge >= 0.3 is 5.97 Å². The third kappa shape index (κ3) is 4.29. The Morgan fingerprint density at radius 3 is 2.38 bits per heavy atom. The molecule has 2 heterocycles. The first kappa shape index (κ1) is 15.5. The minimum Gasteiger partial charge on any atom is -0.478 e. The van der Waals surface area contributed by atoms with E-state index in [1.165, 1.54) is 0 Å². The van der Waals surface area contributed by atoms with Crippen molar-refractivity contribution >= 4 is 17.9 Å². The van der Waals surface area contributed by atoms with Crippen molar-refractivity contribution in [2.75, 3.05) is 31.1 Å². The Hall–Kier alpha value is -1.88. The summed E-state index contributed by atoms with van der Waals surface area (Å²) in [6, 6.07) is 3.85. The van der Waals surface area contributed by atoms with Crippen molar-refractivity contribution in [1.82, 2.24) is 9.88 Å². The number of carbonyl (C=O) groups is 1. The fourth-order valence-corrected chi connectivity index (χ4v) is 2.46. The number of carboxylic acids is 1. The fourth-order valence-electron chi connectivity index (χ4n) is 2.46. The van der Waals surface area contributed by atoms with E-state index in [0.717, 1.165) is 43.6 Å². The number of hydrogen-bond donors (Lipinski definition) is 1. The van der Waals surface area contributed by atoms with Crippen molar-refractivity contribution in [3.63, 3.8) is 0 Å². The Bertz CT molecular complexity index is 509. The summed E-state index contributed by atoms with van der Waals surface area (Å²) in [6.45, 7) is 10.7. The number of aliphatic carboxylic acids is 1. The lowest BCUT2D eigenvalue weighted by molar-refractivity contribution is -0.131. The molecule has 0 bridgehead atoms. The van der Waals surface area contributed by atoms with Gasteiger partial charge in [0.25, 0.3) is 0 Å². The molecule has 0 saturated carbocycles. The molecule has 1 aliphatic rings. The molecule has 1 aliphatic heterocycles. The topological polar surface area (TPSA) is 56.7 Å². The summed E-state index contributed by atoms with van der Waals surface area (Å²) in [7, 11) is 0. The molecule has 0 unspecified atom stereocenters. The second kappa shape index (κ2) is 6.26. The summed E-state index contributed by atoms with van der Waals surface area (Å²) in [4.78, 5) is 19.7. The van der Waals surface area contributed by atoms with E-state index >= 15 is 0 Å². The Labute approximate surface area is 125 Å². The lowest BCUT2D eigenvalue weighted by atomic mass is 10.0. The minimum absolute atomic E-state index is 0.213. The quantitative estimate of drug-likeness (QED) is 0.864. The maximum absolute atomic E-state index is 10.5. The van der Waals surface area contributed by atoms with Crippen LogP contribution in [0.3, 0.4) is 0 Å². The number of aromatic nitrogens is 1. The zero-order valence-electron chi connectivity index (χ0n) is 12.9. The van der Waals surface area contributed by atoms with Crippen LogP contribution in [0.5, 0.6) is 0 Å². The lowest BCUT2D eigenvalue weighted by Crippen LogP contribution is -2.53. The van der Waals surface area contributed by atoms with Gasteiger partial charge in [-0.05, 0) is 44.5 Å². The zero-order valence-corrected chi connectivity index (χ0v) is 12.9. The molecule has 0 radical (unpaired) electrons. The molecule has 1 N–H and O–H groups in total. The van der Waals surface area contributed by atoms with Crippen molar-refractivity contribution in [3.8, 4) is 0 Å². The maximum atomic E-state index is 10.5. The molecule has 2 rings (SSSR count). The molecule has 1 aromatic rings. The van der Waals surface area contributed by atoms with Gasteiger partial charge in [0.05, 0.1) is 0 Å². The highest BCUT2D eigenvalue weighted by atomic mass is 16.4. The van der Waals surface area contributed by atoms with Crippen LogP contribution in [0.4, 0.5) is 5.82 Å². The first-order valence-corrected chi connectivity index (χ1v) is 7.23. The normalized spacial score (nSPS) is 17.4. The first-order chi connectivity index (χ1) is 9.86. The Morgan fingerprint density at radius 1 is 1.24 bits per heavy atom. The van der Waals surface area contributed by atoms with E-state index in [1.54, 1.807) is 12.3 Å². The van der Waals surface area contributed by atoms with Crippen LogP contribution >= 0.6 is 0 Å². The smallest absolute Gasteiger partial charge is 0.328 e. The van der Waals surface area contributed by atoms with Crippen LogP contribution < -0.4 is 4.90 Å². The molecule has 0 atom stereocenters. The number of hydrogen-bond acceptors (Lipinski definition) is 4. The molecule has 1 saturated heterocycles. The highest BCUT2D eigenvalue weighted by molar-refractivity contribution is 5.85. The average molecular weight is 289 g/mol. The zero-order chi connectivity index (χ0) is 15.5. The average Bonchev–Trinajstić information content (AvgIpc) is 2.45. The summed E-state index contributed by atoms with van der Waals surface area (Å²) >= 11 is 0. The molecular weight excluding hydrogens is 266 g/mol. The number of carboxylic acid groups (broad SMARTS) is 1. The van der Waals surface area contributed by atoms with Gasteiger partial charge in [0.2, 0.25) is 0 Å². The molecule has 114 valence electrons. The van der Waals surface area contributed by atoms with Crippen molar-refractivity contribution in [2.45, 2.75) is 26.3 Å². The largest absolute Gasteiger partial charge is 0.478 e. The predicted molar refractivity (Wildman–Crippen MR) is 84.4 cm³/mol. The van der Waals surface area contributed by atoms with E-state index < -0.39 is 5.97 Å². The third-order valence-electron chi connectivity index (χ3n) is 3.74. The van der Waals surface area contributed by atoms with Gasteiger partial charge in [-0.2, -0.15) is 0 Å². The summed E-state index contributed by atoms with van der Waals surface area (Å²) < 4.78 is 0. The van der Waals surface area contributed by atoms with Crippen LogP contribution in [0.15, 0.2) is 24.4 Å². The second-order valence-electron chi connectivity index (χ2n) is 6.27. The summed E-state index contributed by atoms with van der Waals surface area (Å²) in [5.41, 5.74) is 1.01. The first-order valence-electron chi connectivity index (χ1n) is 7.23. The molecule has 5 heteroatoms. The number of pyridine rings is 1. The standard InChI is InChI=1S/C16H23N3O2/c1-16(2,3)19-10-8-18(9-11-19)14-6-4-13(12-17-14)5-7-15(20)21/h4-7,12H,8-11H2,1-3H3,(H,20,21)/b7-5+. The minimum atomic E-state index is -0.947. The van der Waals surface area contributed by atoms with Crippen LogP contribution in [0.25, 0.3) is 6.08 Å². The SMILES string of the molecule is CC(C)(C)N1CCN(c2ccc(/C=C/C(=O)O)cn2)CC1. The molecule has 0 amide bonds. The number of rotatable bonds is 3. The van der Waals surface area contributed by atoms with Gasteiger partial charge in [-0.1, -0.05) is 0 Å². The van der Waals surface area contributed by atoms with E-state index in [1.807, 2.05) is 12.1 Å². The molecule has 0 aromatic carbocycles. The monoisotopic (exact) mass is 289 g/mol. The van der Waals surface area contributed by atoms with Gasteiger partial charge < -0.3 is 10.0 Å². The van der Waals surface area contributed by atoms with Crippen molar-refractivity contribution in [3.05, 3.63) is 30.0 Å². The van der Waals surface area contributed by atoms with Crippen LogP contribution in [0, 0.1) is 0 Å². The molecule has 5 nitrogen and oxygen atoms in total. The summed E-state index contributed by atoms with van der Waals surface area (Å²) in [5.74, 6) is 0.00779. The molecule has 0 spiro atoms. The number of nitrogens with zero attached hydrogens (tertiary/aromatic N) is 3. The van der Waals surface area contributed by atoms with Crippen LogP contribution in [-0.4, -0.2) is 52.7 Å². The fraction of sp³-hybridized carbons (Fsp3) is 0.500. The second-order valence-corrected chi connectivity index (χ2v) is 6.27. The maximum Gasteiger partial charge on any atom is 0.328 e. The number of piperazine rings is 1. The Kier molecular flexibility index (Phi) is 4.63. The molecule has 0 aliphatic carbocycles. The predicted octanol–water partition coefficient (Wildman–Crippen LogP) is 2.10. The molecule has 1 aromatic heterocycles. The molecule has 1 fully saturated rings. The summed E-state index contributed by atoms with van der Waals surface area (Å²) in [5, 5.41) is 8.60. The lowest BCUT2D eigenvalue weighted by Gasteiger charge is -2.42. The van der Waals surface area contributed by atoms with Crippen LogP contribution in [0.1, 0.15) is 26.3 Å². The van der Waals surface area contributed by atoms with Crippen molar-refractivity contribution < 1.29 is 9.90 Å². The summed E-state index contributed by atoms with van der Waals surface area (Å²) in [6.07, 6.45) is 4.39. The van der Waals surface area contributed by atoms with Gasteiger partial charge in [0.15, 0.2) is 0 Å². The van der Waals surface area contributed by atoms with E-state index in [9.17, 15) is 4.79 Å². The highest BCUT2D eigenvalue weighted by Gasteiger charge is 2.26. The van der Waals surface area contributed by atoms with Gasteiger partial charge in [0, 0.05) is 44.0 Å². The van der Waals surface area contributed by atoms with Crippen molar-refractivity contribution in [2.24, 2.45) is 0 Å².